The van der Waals surface area contributed by atoms with Crippen molar-refractivity contribution in [3.8, 4) is 5.75 Å². The lowest BCUT2D eigenvalue weighted by atomic mass is 10.2. The molecule has 0 radical (unpaired) electrons. The van der Waals surface area contributed by atoms with Gasteiger partial charge in [0.2, 0.25) is 11.9 Å². The number of ether oxygens (including phenoxy) is 1. The number of nitrogens with zero attached hydrogens (tertiary/aromatic N) is 2. The summed E-state index contributed by atoms with van der Waals surface area (Å²) in [5.41, 5.74) is 2.11. The van der Waals surface area contributed by atoms with E-state index < -0.39 is 0 Å². The van der Waals surface area contributed by atoms with Crippen molar-refractivity contribution in [1.82, 2.24) is 9.97 Å². The fraction of sp³-hybridized carbons (Fsp3) is 0.143. The van der Waals surface area contributed by atoms with Crippen LogP contribution in [0.2, 0.25) is 0 Å². The first-order valence-electron chi connectivity index (χ1n) is 9.05. The molecule has 148 valence electrons. The molecule has 2 amide bonds. The smallest absolute Gasteiger partial charge is 0.274 e. The van der Waals surface area contributed by atoms with Crippen LogP contribution in [0.4, 0.5) is 23.0 Å². The minimum absolute atomic E-state index is 0.186. The van der Waals surface area contributed by atoms with E-state index in [1.54, 1.807) is 24.3 Å². The summed E-state index contributed by atoms with van der Waals surface area (Å²) in [7, 11) is 0. The van der Waals surface area contributed by atoms with E-state index >= 15 is 0 Å². The average Bonchev–Trinajstić information content (AvgIpc) is 2.70. The van der Waals surface area contributed by atoms with E-state index in [0.29, 0.717) is 23.9 Å². The second-order valence-electron chi connectivity index (χ2n) is 6.06. The minimum atomic E-state index is -0.387. The lowest BCUT2D eigenvalue weighted by Gasteiger charge is -2.09. The molecule has 0 aliphatic rings. The molecule has 0 spiro atoms. The summed E-state index contributed by atoms with van der Waals surface area (Å²) < 4.78 is 5.41. The SMILES string of the molecule is CCOc1ccc(Nc2nccc(C(=O)Nc3cccc(NC(C)=O)c3)n2)cc1. The van der Waals surface area contributed by atoms with E-state index in [-0.39, 0.29) is 17.5 Å². The van der Waals surface area contributed by atoms with Crippen molar-refractivity contribution in [2.45, 2.75) is 13.8 Å². The molecule has 0 unspecified atom stereocenters. The molecule has 29 heavy (non-hydrogen) atoms. The highest BCUT2D eigenvalue weighted by molar-refractivity contribution is 6.03. The van der Waals surface area contributed by atoms with Gasteiger partial charge in [0.05, 0.1) is 6.61 Å². The average molecular weight is 391 g/mol. The monoisotopic (exact) mass is 391 g/mol. The van der Waals surface area contributed by atoms with Gasteiger partial charge >= 0.3 is 0 Å². The van der Waals surface area contributed by atoms with Crippen LogP contribution in [0, 0.1) is 0 Å². The fourth-order valence-corrected chi connectivity index (χ4v) is 2.55. The maximum atomic E-state index is 12.5. The minimum Gasteiger partial charge on any atom is -0.494 e. The Morgan fingerprint density at radius 2 is 1.69 bits per heavy atom. The van der Waals surface area contributed by atoms with E-state index in [4.69, 9.17) is 4.74 Å². The van der Waals surface area contributed by atoms with Crippen LogP contribution in [0.1, 0.15) is 24.3 Å². The van der Waals surface area contributed by atoms with E-state index in [1.165, 1.54) is 19.2 Å². The number of hydrogen-bond acceptors (Lipinski definition) is 6. The number of hydrogen-bond donors (Lipinski definition) is 3. The van der Waals surface area contributed by atoms with Gasteiger partial charge in [0.15, 0.2) is 0 Å². The first-order chi connectivity index (χ1) is 14.0. The van der Waals surface area contributed by atoms with E-state index in [1.807, 2.05) is 31.2 Å². The predicted octanol–water partition coefficient (Wildman–Crippen LogP) is 3.83. The Kier molecular flexibility index (Phi) is 6.36. The van der Waals surface area contributed by atoms with Gasteiger partial charge in [0.25, 0.3) is 5.91 Å². The third-order valence-corrected chi connectivity index (χ3v) is 3.75. The van der Waals surface area contributed by atoms with Gasteiger partial charge in [-0.25, -0.2) is 9.97 Å². The van der Waals surface area contributed by atoms with Crippen molar-refractivity contribution in [3.63, 3.8) is 0 Å². The molecule has 0 aliphatic heterocycles. The van der Waals surface area contributed by atoms with Gasteiger partial charge in [-0.2, -0.15) is 0 Å². The van der Waals surface area contributed by atoms with Crippen LogP contribution >= 0.6 is 0 Å². The Hall–Kier alpha value is -3.94. The Morgan fingerprint density at radius 3 is 2.38 bits per heavy atom. The molecule has 0 saturated heterocycles. The zero-order valence-electron chi connectivity index (χ0n) is 16.1. The largest absolute Gasteiger partial charge is 0.494 e. The molecule has 0 atom stereocenters. The van der Waals surface area contributed by atoms with Gasteiger partial charge in [-0.1, -0.05) is 6.07 Å². The summed E-state index contributed by atoms with van der Waals surface area (Å²) in [6.07, 6.45) is 1.51. The summed E-state index contributed by atoms with van der Waals surface area (Å²) in [6.45, 7) is 3.94. The number of aromatic nitrogens is 2. The number of nitrogens with one attached hydrogen (secondary N) is 3. The van der Waals surface area contributed by atoms with Gasteiger partial charge in [-0.05, 0) is 55.5 Å². The molecule has 3 N–H and O–H groups in total. The normalized spacial score (nSPS) is 10.1. The van der Waals surface area contributed by atoms with Crippen molar-refractivity contribution >= 4 is 34.8 Å². The lowest BCUT2D eigenvalue weighted by Crippen LogP contribution is -2.15. The number of amides is 2. The molecular weight excluding hydrogens is 370 g/mol. The predicted molar refractivity (Wildman–Crippen MR) is 112 cm³/mol. The summed E-state index contributed by atoms with van der Waals surface area (Å²) in [5.74, 6) is 0.499. The fourth-order valence-electron chi connectivity index (χ4n) is 2.55. The van der Waals surface area contributed by atoms with Crippen molar-refractivity contribution in [1.29, 1.82) is 0 Å². The maximum absolute atomic E-state index is 12.5. The van der Waals surface area contributed by atoms with Crippen molar-refractivity contribution in [2.75, 3.05) is 22.6 Å². The molecule has 8 nitrogen and oxygen atoms in total. The lowest BCUT2D eigenvalue weighted by molar-refractivity contribution is -0.114. The molecule has 3 rings (SSSR count). The number of carbonyl (C=O) groups excluding carboxylic acids is 2. The highest BCUT2D eigenvalue weighted by Crippen LogP contribution is 2.19. The van der Waals surface area contributed by atoms with Crippen LogP contribution in [0.3, 0.4) is 0 Å². The number of carbonyl (C=O) groups is 2. The first kappa shape index (κ1) is 19.8. The Morgan fingerprint density at radius 1 is 0.966 bits per heavy atom. The van der Waals surface area contributed by atoms with E-state index in [9.17, 15) is 9.59 Å². The Labute approximate surface area is 168 Å². The van der Waals surface area contributed by atoms with Gasteiger partial charge in [0, 0.05) is 30.2 Å². The number of rotatable bonds is 7. The van der Waals surface area contributed by atoms with Crippen LogP contribution in [0.5, 0.6) is 5.75 Å². The quantitative estimate of drug-likeness (QED) is 0.565. The molecule has 0 saturated carbocycles. The van der Waals surface area contributed by atoms with Crippen molar-refractivity contribution in [3.05, 3.63) is 66.5 Å². The van der Waals surface area contributed by atoms with Gasteiger partial charge < -0.3 is 20.7 Å². The van der Waals surface area contributed by atoms with Gasteiger partial charge in [-0.15, -0.1) is 0 Å². The molecule has 1 heterocycles. The van der Waals surface area contributed by atoms with Gasteiger partial charge in [-0.3, -0.25) is 9.59 Å². The molecule has 0 fully saturated rings. The summed E-state index contributed by atoms with van der Waals surface area (Å²) in [4.78, 5) is 32.1. The van der Waals surface area contributed by atoms with E-state index in [0.717, 1.165) is 11.4 Å². The molecule has 0 aliphatic carbocycles. The van der Waals surface area contributed by atoms with Crippen LogP contribution < -0.4 is 20.7 Å². The second kappa shape index (κ2) is 9.32. The topological polar surface area (TPSA) is 105 Å². The Bertz CT molecular complexity index is 1010. The highest BCUT2D eigenvalue weighted by Gasteiger charge is 2.10. The second-order valence-corrected chi connectivity index (χ2v) is 6.06. The molecule has 1 aromatic heterocycles. The number of anilines is 4. The first-order valence-corrected chi connectivity index (χ1v) is 9.05. The summed E-state index contributed by atoms with van der Waals surface area (Å²) in [5, 5.41) is 8.49. The summed E-state index contributed by atoms with van der Waals surface area (Å²) in [6, 6.07) is 15.7. The molecule has 0 bridgehead atoms. The van der Waals surface area contributed by atoms with Crippen molar-refractivity contribution in [2.24, 2.45) is 0 Å². The zero-order chi connectivity index (χ0) is 20.6. The van der Waals surface area contributed by atoms with E-state index in [2.05, 4.69) is 25.9 Å². The van der Waals surface area contributed by atoms with Crippen LogP contribution in [-0.2, 0) is 4.79 Å². The number of benzene rings is 2. The zero-order valence-corrected chi connectivity index (χ0v) is 16.1. The van der Waals surface area contributed by atoms with Crippen molar-refractivity contribution < 1.29 is 14.3 Å². The maximum Gasteiger partial charge on any atom is 0.274 e. The standard InChI is InChI=1S/C21H21N5O3/c1-3-29-18-9-7-15(8-10-18)25-21-22-12-11-19(26-21)20(28)24-17-6-4-5-16(13-17)23-14(2)27/h4-13H,3H2,1-2H3,(H,23,27)(H,24,28)(H,22,25,26). The van der Waals surface area contributed by atoms with Crippen LogP contribution in [-0.4, -0.2) is 28.4 Å². The molecule has 3 aromatic rings. The van der Waals surface area contributed by atoms with Gasteiger partial charge in [0.1, 0.15) is 11.4 Å². The highest BCUT2D eigenvalue weighted by atomic mass is 16.5. The molecular formula is C21H21N5O3. The van der Waals surface area contributed by atoms with Crippen LogP contribution in [0.15, 0.2) is 60.8 Å². The molecule has 8 heteroatoms. The summed E-state index contributed by atoms with van der Waals surface area (Å²) >= 11 is 0. The third-order valence-electron chi connectivity index (χ3n) is 3.75. The molecule has 2 aromatic carbocycles. The third kappa shape index (κ3) is 5.77. The Balaban J connectivity index is 1.68. The van der Waals surface area contributed by atoms with Crippen LogP contribution in [0.25, 0.3) is 0 Å².